The summed E-state index contributed by atoms with van der Waals surface area (Å²) in [4.78, 5) is 0. The zero-order chi connectivity index (χ0) is 2.00. The summed E-state index contributed by atoms with van der Waals surface area (Å²) in [5, 5.41) is 0. The van der Waals surface area contributed by atoms with Gasteiger partial charge in [-0.1, -0.05) is 0 Å². The maximum Gasteiger partial charge on any atom is 0 e. The Morgan fingerprint density at radius 1 is 1.25 bits per heavy atom. The Morgan fingerprint density at radius 3 is 1.25 bits per heavy atom. The maximum atomic E-state index is 7.81. The van der Waals surface area contributed by atoms with Crippen molar-refractivity contribution < 1.29 is 19.8 Å². The van der Waals surface area contributed by atoms with E-state index in [1.54, 1.807) is 0 Å². The molecule has 4 heavy (non-hydrogen) atoms. The monoisotopic (exact) mass is 206 g/mol. The molecule has 0 fully saturated rings. The van der Waals surface area contributed by atoms with Crippen molar-refractivity contribution in [2.45, 2.75) is 0 Å². The van der Waals surface area contributed by atoms with Crippen molar-refractivity contribution >= 4 is 96.9 Å². The third-order valence-electron chi connectivity index (χ3n) is 0. The van der Waals surface area contributed by atoms with E-state index in [4.69, 9.17) is 3.83 Å². The molecule has 0 saturated heterocycles. The van der Waals surface area contributed by atoms with Crippen LogP contribution in [0.5, 0.6) is 0 Å². The molecule has 0 aliphatic heterocycles. The van der Waals surface area contributed by atoms with Gasteiger partial charge in [0.2, 0.25) is 0 Å². The smallest absolute Gasteiger partial charge is 0 e. The summed E-state index contributed by atoms with van der Waals surface area (Å²) in [6, 6.07) is 0. The Hall–Kier alpha value is 3.44. The first-order valence-corrected chi connectivity index (χ1v) is 0.508. The first-order valence-electron chi connectivity index (χ1n) is 0.123. The van der Waals surface area contributed by atoms with Gasteiger partial charge in [0, 0.05) is 96.9 Å². The Bertz CT molecular complexity index is 8.00. The maximum absolute atomic E-state index is 7.81. The standard InChI is InChI=1S/Cu.K.O.Sr. The first-order chi connectivity index (χ1) is 1.00. The van der Waals surface area contributed by atoms with Gasteiger partial charge in [0.05, 0.1) is 0 Å². The van der Waals surface area contributed by atoms with E-state index in [0.29, 0.717) is 0 Å². The first kappa shape index (κ1) is 15.7. The minimum atomic E-state index is 0. The van der Waals surface area contributed by atoms with Crippen LogP contribution in [0.1, 0.15) is 0 Å². The van der Waals surface area contributed by atoms with Crippen molar-refractivity contribution in [3.8, 4) is 0 Å². The molecule has 0 spiro atoms. The van der Waals surface area contributed by atoms with Crippen LogP contribution in [0.15, 0.2) is 0 Å². The Balaban J connectivity index is -0.00000000500. The molecular formula is CuKOSr. The fourth-order valence-corrected chi connectivity index (χ4v) is 0. The van der Waals surface area contributed by atoms with Crippen molar-refractivity contribution in [1.82, 2.24) is 0 Å². The van der Waals surface area contributed by atoms with Crippen molar-refractivity contribution in [2.24, 2.45) is 0 Å². The molecule has 0 aromatic carbocycles. The van der Waals surface area contributed by atoms with Gasteiger partial charge in [-0.15, -0.1) is 0 Å². The Morgan fingerprint density at radius 2 is 1.25 bits per heavy atom. The van der Waals surface area contributed by atoms with Crippen LogP contribution in [0, 0.1) is 0 Å². The van der Waals surface area contributed by atoms with Gasteiger partial charge in [-0.2, -0.15) is 0 Å². The van der Waals surface area contributed by atoms with Crippen LogP contribution in [-0.2, 0) is 19.8 Å². The van der Waals surface area contributed by atoms with Crippen LogP contribution < -0.4 is 0 Å². The molecule has 20 valence electrons. The molecule has 1 nitrogen and oxygen atoms in total. The molecule has 0 aromatic rings. The summed E-state index contributed by atoms with van der Waals surface area (Å²) in [5.41, 5.74) is 0. The van der Waals surface area contributed by atoms with Gasteiger partial charge >= 0.3 is 19.8 Å². The van der Waals surface area contributed by atoms with Crippen molar-refractivity contribution in [2.75, 3.05) is 0 Å². The second kappa shape index (κ2) is 16.1. The quantitative estimate of drug-likeness (QED) is 0.470. The average molecular weight is 206 g/mol. The molecular weight excluding hydrogens is 206 g/mol. The van der Waals surface area contributed by atoms with Crippen LogP contribution in [0.4, 0.5) is 0 Å². The van der Waals surface area contributed by atoms with Gasteiger partial charge in [-0.05, 0) is 0 Å². The van der Waals surface area contributed by atoms with Gasteiger partial charge in [0.15, 0.2) is 0 Å². The fraction of sp³-hybridized carbons (Fsp3) is 0. The zero-order valence-electron chi connectivity index (χ0n) is 2.42. The molecule has 0 saturated carbocycles. The van der Waals surface area contributed by atoms with Crippen LogP contribution in [0.25, 0.3) is 0 Å². The van der Waals surface area contributed by atoms with Crippen LogP contribution >= 0.6 is 0 Å². The van der Waals surface area contributed by atoms with E-state index >= 15 is 0 Å². The van der Waals surface area contributed by atoms with Crippen LogP contribution in [0.3, 0.4) is 0 Å². The van der Waals surface area contributed by atoms with Crippen molar-refractivity contribution in [3.05, 3.63) is 0 Å². The van der Waals surface area contributed by atoms with E-state index < -0.39 is 0 Å². The summed E-state index contributed by atoms with van der Waals surface area (Å²) in [6.45, 7) is 0. The second-order valence-electron chi connectivity index (χ2n) is 0. The zero-order valence-corrected chi connectivity index (χ0v) is 9.96. The summed E-state index contributed by atoms with van der Waals surface area (Å²) >= 11 is 2.94. The molecule has 0 bridgehead atoms. The van der Waals surface area contributed by atoms with E-state index in [0.717, 1.165) is 0 Å². The molecule has 0 atom stereocenters. The predicted molar refractivity (Wildman–Crippen MR) is 12.2 cm³/mol. The molecule has 0 unspecified atom stereocenters. The SMILES string of the molecule is [K].[O]=[Cu].[Sr]. The van der Waals surface area contributed by atoms with Gasteiger partial charge in [0.25, 0.3) is 0 Å². The van der Waals surface area contributed by atoms with Crippen molar-refractivity contribution in [1.29, 1.82) is 0 Å². The fourth-order valence-electron chi connectivity index (χ4n) is 0. The van der Waals surface area contributed by atoms with E-state index in [2.05, 4.69) is 15.9 Å². The van der Waals surface area contributed by atoms with Gasteiger partial charge in [-0.3, -0.25) is 0 Å². The van der Waals surface area contributed by atoms with Crippen molar-refractivity contribution in [3.63, 3.8) is 0 Å². The normalized spacial score (nSPS) is 1.50. The number of hydrogen-bond donors (Lipinski definition) is 0. The third kappa shape index (κ3) is 9.06. The predicted octanol–water partition coefficient (Wildman–Crippen LogP) is -0.883. The molecule has 4 heteroatoms. The van der Waals surface area contributed by atoms with Gasteiger partial charge in [-0.25, -0.2) is 0 Å². The van der Waals surface area contributed by atoms with Gasteiger partial charge in [0.1, 0.15) is 0 Å². The molecule has 0 aromatic heterocycles. The third-order valence-corrected chi connectivity index (χ3v) is 0. The Kier molecular flexibility index (Phi) is 63.0. The van der Waals surface area contributed by atoms with E-state index in [9.17, 15) is 0 Å². The summed E-state index contributed by atoms with van der Waals surface area (Å²) in [5.74, 6) is 0. The van der Waals surface area contributed by atoms with E-state index in [1.165, 1.54) is 0 Å². The minimum Gasteiger partial charge on any atom is 0 e. The largest absolute Gasteiger partial charge is 0 e. The summed E-state index contributed by atoms with van der Waals surface area (Å²) in [6.07, 6.45) is 0. The number of hydrogen-bond acceptors (Lipinski definition) is 1. The van der Waals surface area contributed by atoms with Gasteiger partial charge < -0.3 is 0 Å². The molecule has 0 N–H and O–H groups in total. The molecule has 0 rings (SSSR count). The molecule has 3 radical (unpaired) electrons. The summed E-state index contributed by atoms with van der Waals surface area (Å²) in [7, 11) is 0. The topological polar surface area (TPSA) is 17.1 Å². The van der Waals surface area contributed by atoms with E-state index in [1.807, 2.05) is 0 Å². The molecule has 0 amide bonds. The summed E-state index contributed by atoms with van der Waals surface area (Å²) < 4.78 is 7.81. The molecule has 0 heterocycles. The van der Waals surface area contributed by atoms with Crippen LogP contribution in [0.2, 0.25) is 0 Å². The van der Waals surface area contributed by atoms with E-state index in [-0.39, 0.29) is 96.9 Å². The van der Waals surface area contributed by atoms with Crippen LogP contribution in [-0.4, -0.2) is 96.9 Å². The average Bonchev–Trinajstić information content (AvgIpc) is 1.00. The minimum absolute atomic E-state index is 0. The molecule has 0 aliphatic carbocycles. The molecule has 0 aliphatic rings. The number of rotatable bonds is 0. The Labute approximate surface area is 113 Å². The second-order valence-corrected chi connectivity index (χ2v) is 0.